The lowest BCUT2D eigenvalue weighted by atomic mass is 10.1. The van der Waals surface area contributed by atoms with Gasteiger partial charge in [-0.15, -0.1) is 0 Å². The van der Waals surface area contributed by atoms with Gasteiger partial charge in [-0.1, -0.05) is 17.4 Å². The first-order valence-corrected chi connectivity index (χ1v) is 15.7. The van der Waals surface area contributed by atoms with Gasteiger partial charge < -0.3 is 9.64 Å². The Morgan fingerprint density at radius 3 is 2.56 bits per heavy atom. The molecule has 0 spiro atoms. The molecule has 0 unspecified atom stereocenters. The Morgan fingerprint density at radius 2 is 1.87 bits per heavy atom. The molecule has 11 nitrogen and oxygen atoms in total. The number of piperidine rings is 1. The minimum atomic E-state index is -3.54. The quantitative estimate of drug-likeness (QED) is 0.294. The van der Waals surface area contributed by atoms with Crippen LogP contribution in [0.5, 0.6) is 0 Å². The van der Waals surface area contributed by atoms with Crippen LogP contribution in [-0.2, 0) is 14.6 Å². The van der Waals surface area contributed by atoms with Crippen LogP contribution in [-0.4, -0.2) is 87.9 Å². The minimum absolute atomic E-state index is 0.0976. The Hall–Kier alpha value is -3.13. The highest BCUT2D eigenvalue weighted by Crippen LogP contribution is 2.35. The van der Waals surface area contributed by atoms with Crippen molar-refractivity contribution in [2.24, 2.45) is 0 Å². The van der Waals surface area contributed by atoms with Crippen molar-refractivity contribution >= 4 is 53.8 Å². The van der Waals surface area contributed by atoms with Gasteiger partial charge in [-0.05, 0) is 43.5 Å². The maximum absolute atomic E-state index is 13.9. The fourth-order valence-corrected chi connectivity index (χ4v) is 6.95. The Morgan fingerprint density at radius 1 is 1.13 bits per heavy atom. The van der Waals surface area contributed by atoms with Gasteiger partial charge in [0.05, 0.1) is 27.7 Å². The number of aromatic nitrogens is 1. The molecule has 5 rings (SSSR count). The first-order valence-electron chi connectivity index (χ1n) is 13.0. The smallest absolute Gasteiger partial charge is 0.293 e. The first-order chi connectivity index (χ1) is 18.7. The molecule has 2 aliphatic heterocycles. The molecule has 0 saturated carbocycles. The maximum Gasteiger partial charge on any atom is 0.293 e. The van der Waals surface area contributed by atoms with E-state index in [1.807, 2.05) is 4.90 Å². The molecular formula is C26H31N5O6S2. The summed E-state index contributed by atoms with van der Waals surface area (Å²) >= 11 is 1.23. The number of ether oxygens (including phenoxy) is 1. The van der Waals surface area contributed by atoms with E-state index < -0.39 is 20.7 Å². The zero-order valence-electron chi connectivity index (χ0n) is 21.7. The molecular weight excluding hydrogens is 542 g/mol. The predicted molar refractivity (Wildman–Crippen MR) is 151 cm³/mol. The van der Waals surface area contributed by atoms with Crippen LogP contribution in [0.4, 0.5) is 16.5 Å². The summed E-state index contributed by atoms with van der Waals surface area (Å²) in [4.78, 5) is 35.9. The van der Waals surface area contributed by atoms with E-state index in [2.05, 4.69) is 9.88 Å². The molecule has 13 heteroatoms. The SMILES string of the molecule is CS(=O)(=O)c1cccc2sc(N(CCN3CCOCC3)C(=O)c3ccc(N4CCCCC4)c([N+](=O)[O-])c3)nc12. The van der Waals surface area contributed by atoms with E-state index in [9.17, 15) is 23.3 Å². The van der Waals surface area contributed by atoms with Crippen molar-refractivity contribution in [2.45, 2.75) is 24.2 Å². The Balaban J connectivity index is 1.52. The number of morpholine rings is 1. The number of nitrogens with zero attached hydrogens (tertiary/aromatic N) is 5. The first kappa shape index (κ1) is 27.4. The topological polar surface area (TPSA) is 126 Å². The second kappa shape index (κ2) is 11.5. The second-order valence-electron chi connectivity index (χ2n) is 9.79. The molecule has 2 aliphatic rings. The number of hydrogen-bond acceptors (Lipinski definition) is 10. The second-order valence-corrected chi connectivity index (χ2v) is 12.8. The van der Waals surface area contributed by atoms with E-state index in [0.29, 0.717) is 40.8 Å². The number of benzene rings is 2. The van der Waals surface area contributed by atoms with Crippen LogP contribution in [0.1, 0.15) is 29.6 Å². The average molecular weight is 574 g/mol. The number of nitro groups is 1. The number of nitro benzene ring substituents is 1. The predicted octanol–water partition coefficient (Wildman–Crippen LogP) is 3.58. The molecule has 0 bridgehead atoms. The van der Waals surface area contributed by atoms with Crippen molar-refractivity contribution in [2.75, 3.05) is 68.5 Å². The van der Waals surface area contributed by atoms with Crippen LogP contribution in [0.15, 0.2) is 41.3 Å². The molecule has 0 atom stereocenters. The minimum Gasteiger partial charge on any atom is -0.379 e. The summed E-state index contributed by atoms with van der Waals surface area (Å²) in [5.41, 5.74) is 0.927. The number of para-hydroxylation sites is 1. The number of carbonyl (C=O) groups is 1. The molecule has 2 aromatic carbocycles. The van der Waals surface area contributed by atoms with Gasteiger partial charge in [0.25, 0.3) is 11.6 Å². The standard InChI is InChI=1S/C26H31N5O6S2/c1-39(35,36)23-7-5-6-22-24(23)27-26(38-22)30(13-12-28-14-16-37-17-15-28)25(32)19-8-9-20(21(18-19)31(33)34)29-10-3-2-4-11-29/h5-9,18H,2-4,10-17H2,1H3. The van der Waals surface area contributed by atoms with E-state index >= 15 is 0 Å². The highest BCUT2D eigenvalue weighted by atomic mass is 32.2. The molecule has 208 valence electrons. The summed E-state index contributed by atoms with van der Waals surface area (Å²) < 4.78 is 30.8. The molecule has 1 amide bonds. The number of rotatable bonds is 8. The largest absolute Gasteiger partial charge is 0.379 e. The average Bonchev–Trinajstić information content (AvgIpc) is 3.37. The normalized spacial score (nSPS) is 16.9. The molecule has 0 aliphatic carbocycles. The molecule has 1 aromatic heterocycles. The van der Waals surface area contributed by atoms with Crippen LogP contribution in [0, 0.1) is 10.1 Å². The summed E-state index contributed by atoms with van der Waals surface area (Å²) in [5, 5.41) is 12.4. The van der Waals surface area contributed by atoms with Gasteiger partial charge in [-0.25, -0.2) is 13.4 Å². The Kier molecular flexibility index (Phi) is 8.12. The van der Waals surface area contributed by atoms with Crippen molar-refractivity contribution in [3.05, 3.63) is 52.1 Å². The maximum atomic E-state index is 13.9. The highest BCUT2D eigenvalue weighted by Gasteiger charge is 2.28. The van der Waals surface area contributed by atoms with Crippen molar-refractivity contribution in [3.63, 3.8) is 0 Å². The third-order valence-electron chi connectivity index (χ3n) is 7.11. The Bertz CT molecular complexity index is 1480. The van der Waals surface area contributed by atoms with E-state index in [4.69, 9.17) is 4.74 Å². The van der Waals surface area contributed by atoms with Crippen molar-refractivity contribution < 1.29 is 22.9 Å². The number of fused-ring (bicyclic) bond motifs is 1. The van der Waals surface area contributed by atoms with Crippen molar-refractivity contribution in [1.82, 2.24) is 9.88 Å². The monoisotopic (exact) mass is 573 g/mol. The molecule has 3 aromatic rings. The van der Waals surface area contributed by atoms with Gasteiger partial charge in [0.2, 0.25) is 0 Å². The van der Waals surface area contributed by atoms with E-state index in [1.54, 1.807) is 24.3 Å². The fourth-order valence-electron chi connectivity index (χ4n) is 5.04. The lowest BCUT2D eigenvalue weighted by Crippen LogP contribution is -2.43. The van der Waals surface area contributed by atoms with Gasteiger partial charge in [-0.3, -0.25) is 24.7 Å². The van der Waals surface area contributed by atoms with Crippen LogP contribution >= 0.6 is 11.3 Å². The summed E-state index contributed by atoms with van der Waals surface area (Å²) in [6, 6.07) is 9.58. The summed E-state index contributed by atoms with van der Waals surface area (Å²) in [6.45, 7) is 5.01. The molecule has 2 fully saturated rings. The highest BCUT2D eigenvalue weighted by molar-refractivity contribution is 7.91. The summed E-state index contributed by atoms with van der Waals surface area (Å²) in [7, 11) is -3.54. The van der Waals surface area contributed by atoms with Gasteiger partial charge >= 0.3 is 0 Å². The van der Waals surface area contributed by atoms with Crippen LogP contribution in [0.25, 0.3) is 10.2 Å². The molecule has 3 heterocycles. The molecule has 0 N–H and O–H groups in total. The van der Waals surface area contributed by atoms with Gasteiger partial charge in [-0.2, -0.15) is 0 Å². The van der Waals surface area contributed by atoms with Crippen molar-refractivity contribution in [3.8, 4) is 0 Å². The third kappa shape index (κ3) is 6.06. The van der Waals surface area contributed by atoms with Gasteiger partial charge in [0.1, 0.15) is 11.2 Å². The number of hydrogen-bond donors (Lipinski definition) is 0. The Labute approximate surface area is 231 Å². The fraction of sp³-hybridized carbons (Fsp3) is 0.462. The van der Waals surface area contributed by atoms with Gasteiger partial charge in [0.15, 0.2) is 15.0 Å². The third-order valence-corrected chi connectivity index (χ3v) is 9.28. The molecule has 0 radical (unpaired) electrons. The van der Waals surface area contributed by atoms with E-state index in [1.165, 1.54) is 28.4 Å². The zero-order chi connectivity index (χ0) is 27.6. The van der Waals surface area contributed by atoms with Crippen LogP contribution in [0.2, 0.25) is 0 Å². The summed E-state index contributed by atoms with van der Waals surface area (Å²) in [5.74, 6) is -0.420. The van der Waals surface area contributed by atoms with E-state index in [-0.39, 0.29) is 22.7 Å². The summed E-state index contributed by atoms with van der Waals surface area (Å²) in [6.07, 6.45) is 4.17. The number of anilines is 2. The lowest BCUT2D eigenvalue weighted by Gasteiger charge is -2.30. The molecule has 2 saturated heterocycles. The van der Waals surface area contributed by atoms with Crippen molar-refractivity contribution in [1.29, 1.82) is 0 Å². The van der Waals surface area contributed by atoms with E-state index in [0.717, 1.165) is 51.7 Å². The lowest BCUT2D eigenvalue weighted by molar-refractivity contribution is -0.384. The number of amides is 1. The molecule has 39 heavy (non-hydrogen) atoms. The number of thiazole rings is 1. The van der Waals surface area contributed by atoms with Crippen LogP contribution in [0.3, 0.4) is 0 Å². The number of carbonyl (C=O) groups excluding carboxylic acids is 1. The number of sulfone groups is 1. The van der Waals surface area contributed by atoms with Gasteiger partial charge in [0, 0.05) is 57.2 Å². The van der Waals surface area contributed by atoms with Crippen LogP contribution < -0.4 is 9.80 Å². The zero-order valence-corrected chi connectivity index (χ0v) is 23.4.